The first-order valence-electron chi connectivity index (χ1n) is 6.10. The van der Waals surface area contributed by atoms with Crippen LogP contribution >= 0.6 is 0 Å². The molecular formula is C14H17FN2O. The SMILES string of the molecule is Cc1ccc(F)cc1C(=O)NCC1=CCNCC1. The second-order valence-corrected chi connectivity index (χ2v) is 4.46. The van der Waals surface area contributed by atoms with E-state index in [1.807, 2.05) is 0 Å². The predicted octanol–water partition coefficient (Wildman–Crippen LogP) is 1.78. The Morgan fingerprint density at radius 3 is 3.06 bits per heavy atom. The van der Waals surface area contributed by atoms with Crippen molar-refractivity contribution in [3.8, 4) is 0 Å². The standard InChI is InChI=1S/C14H17FN2O/c1-10-2-3-12(15)8-13(10)14(18)17-9-11-4-6-16-7-5-11/h2-4,8,16H,5-7,9H2,1H3,(H,17,18). The van der Waals surface area contributed by atoms with Crippen molar-refractivity contribution in [1.82, 2.24) is 10.6 Å². The van der Waals surface area contributed by atoms with Crippen LogP contribution in [0.4, 0.5) is 4.39 Å². The molecule has 1 amide bonds. The van der Waals surface area contributed by atoms with E-state index in [9.17, 15) is 9.18 Å². The summed E-state index contributed by atoms with van der Waals surface area (Å²) in [6.45, 7) is 4.14. The number of benzene rings is 1. The molecule has 0 bridgehead atoms. The highest BCUT2D eigenvalue weighted by molar-refractivity contribution is 5.95. The van der Waals surface area contributed by atoms with Crippen LogP contribution < -0.4 is 10.6 Å². The smallest absolute Gasteiger partial charge is 0.251 e. The van der Waals surface area contributed by atoms with Gasteiger partial charge in [-0.15, -0.1) is 0 Å². The molecule has 3 nitrogen and oxygen atoms in total. The van der Waals surface area contributed by atoms with Gasteiger partial charge in [-0.05, 0) is 37.6 Å². The van der Waals surface area contributed by atoms with Crippen molar-refractivity contribution in [1.29, 1.82) is 0 Å². The Kier molecular flexibility index (Phi) is 4.10. The summed E-state index contributed by atoms with van der Waals surface area (Å²) in [5, 5.41) is 6.05. The first kappa shape index (κ1) is 12.8. The Bertz CT molecular complexity index is 483. The van der Waals surface area contributed by atoms with Gasteiger partial charge in [0.2, 0.25) is 0 Å². The van der Waals surface area contributed by atoms with E-state index in [1.54, 1.807) is 13.0 Å². The molecule has 1 aromatic rings. The molecule has 96 valence electrons. The fourth-order valence-corrected chi connectivity index (χ4v) is 1.96. The van der Waals surface area contributed by atoms with Crippen LogP contribution in [-0.2, 0) is 0 Å². The van der Waals surface area contributed by atoms with Crippen molar-refractivity contribution in [2.24, 2.45) is 0 Å². The molecule has 4 heteroatoms. The fraction of sp³-hybridized carbons (Fsp3) is 0.357. The number of amides is 1. The highest BCUT2D eigenvalue weighted by Gasteiger charge is 2.11. The molecule has 2 N–H and O–H groups in total. The molecule has 2 rings (SSSR count). The number of halogens is 1. The molecule has 0 fully saturated rings. The van der Waals surface area contributed by atoms with E-state index < -0.39 is 0 Å². The van der Waals surface area contributed by atoms with Crippen molar-refractivity contribution >= 4 is 5.91 Å². The Morgan fingerprint density at radius 2 is 2.33 bits per heavy atom. The van der Waals surface area contributed by atoms with Gasteiger partial charge in [-0.3, -0.25) is 4.79 Å². The molecule has 0 atom stereocenters. The molecule has 18 heavy (non-hydrogen) atoms. The topological polar surface area (TPSA) is 41.1 Å². The summed E-state index contributed by atoms with van der Waals surface area (Å²) in [4.78, 5) is 11.9. The van der Waals surface area contributed by atoms with Gasteiger partial charge in [-0.2, -0.15) is 0 Å². The minimum absolute atomic E-state index is 0.216. The third-order valence-electron chi connectivity index (χ3n) is 3.08. The van der Waals surface area contributed by atoms with Gasteiger partial charge in [-0.1, -0.05) is 17.7 Å². The lowest BCUT2D eigenvalue weighted by atomic mass is 10.1. The Morgan fingerprint density at radius 1 is 1.50 bits per heavy atom. The lowest BCUT2D eigenvalue weighted by molar-refractivity contribution is 0.0955. The second kappa shape index (κ2) is 5.78. The molecule has 0 spiro atoms. The minimum Gasteiger partial charge on any atom is -0.348 e. The predicted molar refractivity (Wildman–Crippen MR) is 69.0 cm³/mol. The first-order chi connectivity index (χ1) is 8.66. The van der Waals surface area contributed by atoms with Crippen molar-refractivity contribution in [2.75, 3.05) is 19.6 Å². The number of carbonyl (C=O) groups is 1. The van der Waals surface area contributed by atoms with Crippen molar-refractivity contribution in [2.45, 2.75) is 13.3 Å². The van der Waals surface area contributed by atoms with Gasteiger partial charge in [0, 0.05) is 18.7 Å². The zero-order valence-corrected chi connectivity index (χ0v) is 10.4. The Hall–Kier alpha value is -1.68. The lowest BCUT2D eigenvalue weighted by Gasteiger charge is -2.15. The van der Waals surface area contributed by atoms with Crippen LogP contribution in [0.2, 0.25) is 0 Å². The van der Waals surface area contributed by atoms with Crippen LogP contribution in [0.1, 0.15) is 22.3 Å². The van der Waals surface area contributed by atoms with E-state index in [2.05, 4.69) is 16.7 Å². The summed E-state index contributed by atoms with van der Waals surface area (Å²) >= 11 is 0. The zero-order valence-electron chi connectivity index (χ0n) is 10.4. The summed E-state index contributed by atoms with van der Waals surface area (Å²) < 4.78 is 13.1. The summed E-state index contributed by atoms with van der Waals surface area (Å²) in [6, 6.07) is 4.26. The number of carbonyl (C=O) groups excluding carboxylic acids is 1. The lowest BCUT2D eigenvalue weighted by Crippen LogP contribution is -2.30. The molecule has 1 aromatic carbocycles. The molecule has 1 heterocycles. The number of hydrogen-bond donors (Lipinski definition) is 2. The molecule has 0 aliphatic carbocycles. The molecule has 0 saturated heterocycles. The van der Waals surface area contributed by atoms with Gasteiger partial charge in [0.1, 0.15) is 5.82 Å². The molecule has 1 aliphatic rings. The van der Waals surface area contributed by atoms with E-state index in [0.29, 0.717) is 12.1 Å². The highest BCUT2D eigenvalue weighted by atomic mass is 19.1. The van der Waals surface area contributed by atoms with Gasteiger partial charge in [0.15, 0.2) is 0 Å². The third kappa shape index (κ3) is 3.17. The molecule has 0 unspecified atom stereocenters. The number of hydrogen-bond acceptors (Lipinski definition) is 2. The Balaban J connectivity index is 1.99. The van der Waals surface area contributed by atoms with Crippen LogP contribution in [0.25, 0.3) is 0 Å². The van der Waals surface area contributed by atoms with Gasteiger partial charge < -0.3 is 10.6 Å². The molecule has 0 aromatic heterocycles. The first-order valence-corrected chi connectivity index (χ1v) is 6.10. The quantitative estimate of drug-likeness (QED) is 0.801. The van der Waals surface area contributed by atoms with E-state index in [4.69, 9.17) is 0 Å². The van der Waals surface area contributed by atoms with Crippen molar-refractivity contribution in [3.05, 3.63) is 46.8 Å². The van der Waals surface area contributed by atoms with E-state index in [0.717, 1.165) is 25.1 Å². The normalized spacial score (nSPS) is 15.1. The van der Waals surface area contributed by atoms with Crippen molar-refractivity contribution in [3.63, 3.8) is 0 Å². The largest absolute Gasteiger partial charge is 0.348 e. The van der Waals surface area contributed by atoms with Crippen LogP contribution in [0, 0.1) is 12.7 Å². The van der Waals surface area contributed by atoms with Crippen LogP contribution in [0.5, 0.6) is 0 Å². The maximum absolute atomic E-state index is 13.1. The molecule has 0 radical (unpaired) electrons. The highest BCUT2D eigenvalue weighted by Crippen LogP contribution is 2.10. The Labute approximate surface area is 106 Å². The van der Waals surface area contributed by atoms with E-state index >= 15 is 0 Å². The minimum atomic E-state index is -0.383. The number of rotatable bonds is 3. The monoisotopic (exact) mass is 248 g/mol. The van der Waals surface area contributed by atoms with Gasteiger partial charge in [0.25, 0.3) is 5.91 Å². The van der Waals surface area contributed by atoms with Gasteiger partial charge in [-0.25, -0.2) is 4.39 Å². The number of nitrogens with one attached hydrogen (secondary N) is 2. The molecule has 1 aliphatic heterocycles. The van der Waals surface area contributed by atoms with Crippen LogP contribution in [-0.4, -0.2) is 25.5 Å². The molecular weight excluding hydrogens is 231 g/mol. The van der Waals surface area contributed by atoms with E-state index in [-0.39, 0.29) is 11.7 Å². The summed E-state index contributed by atoms with van der Waals surface area (Å²) in [6.07, 6.45) is 3.03. The zero-order chi connectivity index (χ0) is 13.0. The number of aryl methyl sites for hydroxylation is 1. The summed E-state index contributed by atoms with van der Waals surface area (Å²) in [7, 11) is 0. The van der Waals surface area contributed by atoms with Gasteiger partial charge in [0.05, 0.1) is 0 Å². The third-order valence-corrected chi connectivity index (χ3v) is 3.08. The average molecular weight is 248 g/mol. The average Bonchev–Trinajstić information content (AvgIpc) is 2.40. The fourth-order valence-electron chi connectivity index (χ4n) is 1.96. The van der Waals surface area contributed by atoms with Gasteiger partial charge >= 0.3 is 0 Å². The molecule has 0 saturated carbocycles. The summed E-state index contributed by atoms with van der Waals surface area (Å²) in [5.74, 6) is -0.599. The van der Waals surface area contributed by atoms with E-state index in [1.165, 1.54) is 17.7 Å². The van der Waals surface area contributed by atoms with Crippen molar-refractivity contribution < 1.29 is 9.18 Å². The van der Waals surface area contributed by atoms with Crippen LogP contribution in [0.3, 0.4) is 0 Å². The van der Waals surface area contributed by atoms with Crippen LogP contribution in [0.15, 0.2) is 29.8 Å². The summed E-state index contributed by atoms with van der Waals surface area (Å²) in [5.41, 5.74) is 2.41. The second-order valence-electron chi connectivity index (χ2n) is 4.46. The maximum atomic E-state index is 13.1. The maximum Gasteiger partial charge on any atom is 0.251 e.